The molecule has 4 heteroatoms. The van der Waals surface area contributed by atoms with E-state index in [9.17, 15) is 0 Å². The van der Waals surface area contributed by atoms with Gasteiger partial charge in [0.25, 0.3) is 0 Å². The lowest BCUT2D eigenvalue weighted by atomic mass is 9.67. The van der Waals surface area contributed by atoms with Crippen molar-refractivity contribution >= 4 is 0 Å². The highest BCUT2D eigenvalue weighted by atomic mass is 17.3. The summed E-state index contributed by atoms with van der Waals surface area (Å²) in [4.78, 5) is 24.3. The highest BCUT2D eigenvalue weighted by molar-refractivity contribution is 4.89. The average Bonchev–Trinajstić information content (AvgIpc) is 2.62. The molecule has 29 heavy (non-hydrogen) atoms. The largest absolute Gasteiger partial charge is 0.234 e. The second-order valence-electron chi connectivity index (χ2n) is 11.3. The van der Waals surface area contributed by atoms with Crippen molar-refractivity contribution in [3.05, 3.63) is 0 Å². The molecule has 174 valence electrons. The first-order valence-electron chi connectivity index (χ1n) is 12.1. The third-order valence-corrected chi connectivity index (χ3v) is 6.62. The first-order valence-corrected chi connectivity index (χ1v) is 12.1. The van der Waals surface area contributed by atoms with Gasteiger partial charge in [0, 0.05) is 12.8 Å². The normalized spacial score (nSPS) is 22.0. The van der Waals surface area contributed by atoms with Gasteiger partial charge in [0.1, 0.15) is 0 Å². The van der Waals surface area contributed by atoms with Crippen molar-refractivity contribution in [1.82, 2.24) is 0 Å². The fraction of sp³-hybridized carbons (Fsp3) is 1.00. The van der Waals surface area contributed by atoms with Gasteiger partial charge < -0.3 is 0 Å². The summed E-state index contributed by atoms with van der Waals surface area (Å²) in [6.07, 6.45) is 11.7. The molecular weight excluding hydrogens is 364 g/mol. The van der Waals surface area contributed by atoms with Crippen LogP contribution in [0.4, 0.5) is 0 Å². The zero-order valence-electron chi connectivity index (χ0n) is 21.0. The summed E-state index contributed by atoms with van der Waals surface area (Å²) >= 11 is 0. The molecular formula is C25H50O4. The Labute approximate surface area is 181 Å². The SMILES string of the molecule is CCCCCC(C)(C)OOC1(OOC(C)(C)CCCCC)CCC(C)C(C)(C)C1. The Kier molecular flexibility index (Phi) is 10.6. The number of hydrogen-bond donors (Lipinski definition) is 0. The van der Waals surface area contributed by atoms with Crippen molar-refractivity contribution in [1.29, 1.82) is 0 Å². The molecule has 0 spiro atoms. The zero-order valence-corrected chi connectivity index (χ0v) is 21.0. The fourth-order valence-corrected chi connectivity index (χ4v) is 4.00. The van der Waals surface area contributed by atoms with Crippen molar-refractivity contribution in [2.75, 3.05) is 0 Å². The van der Waals surface area contributed by atoms with Crippen molar-refractivity contribution in [3.63, 3.8) is 0 Å². The Balaban J connectivity index is 2.80. The monoisotopic (exact) mass is 414 g/mol. The molecule has 0 saturated heterocycles. The van der Waals surface area contributed by atoms with Crippen LogP contribution >= 0.6 is 0 Å². The maximum Gasteiger partial charge on any atom is 0.234 e. The first kappa shape index (κ1) is 26.9. The Morgan fingerprint density at radius 2 is 1.24 bits per heavy atom. The van der Waals surface area contributed by atoms with Crippen LogP contribution < -0.4 is 0 Å². The molecule has 0 aromatic rings. The topological polar surface area (TPSA) is 36.9 Å². The lowest BCUT2D eigenvalue weighted by molar-refractivity contribution is -0.553. The molecule has 0 N–H and O–H groups in total. The summed E-state index contributed by atoms with van der Waals surface area (Å²) in [6, 6.07) is 0. The molecule has 1 fully saturated rings. The third-order valence-electron chi connectivity index (χ3n) is 6.62. The predicted octanol–water partition coefficient (Wildman–Crippen LogP) is 8.14. The zero-order chi connectivity index (χ0) is 22.2. The molecule has 0 bridgehead atoms. The summed E-state index contributed by atoms with van der Waals surface area (Å²) in [5, 5.41) is 0. The number of unbranched alkanes of at least 4 members (excludes halogenated alkanes) is 4. The summed E-state index contributed by atoms with van der Waals surface area (Å²) < 4.78 is 0. The maximum atomic E-state index is 6.12. The van der Waals surface area contributed by atoms with Crippen LogP contribution in [0.2, 0.25) is 0 Å². The van der Waals surface area contributed by atoms with Crippen LogP contribution in [-0.4, -0.2) is 17.0 Å². The summed E-state index contributed by atoms with van der Waals surface area (Å²) in [6.45, 7) is 19.7. The van der Waals surface area contributed by atoms with Gasteiger partial charge in [-0.1, -0.05) is 73.1 Å². The molecule has 0 amide bonds. The van der Waals surface area contributed by atoms with E-state index in [-0.39, 0.29) is 16.6 Å². The lowest BCUT2D eigenvalue weighted by Crippen LogP contribution is -2.49. The summed E-state index contributed by atoms with van der Waals surface area (Å²) in [7, 11) is 0. The van der Waals surface area contributed by atoms with Gasteiger partial charge >= 0.3 is 0 Å². The molecule has 4 nitrogen and oxygen atoms in total. The minimum atomic E-state index is -0.847. The van der Waals surface area contributed by atoms with Gasteiger partial charge in [-0.2, -0.15) is 9.78 Å². The minimum Gasteiger partial charge on any atom is -0.228 e. The van der Waals surface area contributed by atoms with Gasteiger partial charge in [0.15, 0.2) is 0 Å². The van der Waals surface area contributed by atoms with E-state index in [4.69, 9.17) is 19.6 Å². The summed E-state index contributed by atoms with van der Waals surface area (Å²) in [5.41, 5.74) is -0.575. The predicted molar refractivity (Wildman–Crippen MR) is 120 cm³/mol. The van der Waals surface area contributed by atoms with Crippen molar-refractivity contribution in [3.8, 4) is 0 Å². The van der Waals surface area contributed by atoms with Crippen LogP contribution in [0, 0.1) is 11.3 Å². The van der Waals surface area contributed by atoms with Crippen LogP contribution in [0.1, 0.15) is 133 Å². The van der Waals surface area contributed by atoms with Crippen molar-refractivity contribution < 1.29 is 19.6 Å². The standard InChI is InChI=1S/C25H50O4/c1-10-12-14-17-23(6,7)26-28-25(19-16-21(3)22(4,5)20-25)29-27-24(8,9)18-15-13-11-2/h21H,10-20H2,1-9H3. The van der Waals surface area contributed by atoms with E-state index in [2.05, 4.69) is 62.3 Å². The van der Waals surface area contributed by atoms with E-state index in [1.807, 2.05) is 0 Å². The van der Waals surface area contributed by atoms with E-state index in [1.165, 1.54) is 25.7 Å². The Morgan fingerprint density at radius 1 is 0.793 bits per heavy atom. The van der Waals surface area contributed by atoms with Crippen LogP contribution in [0.25, 0.3) is 0 Å². The molecule has 1 aliphatic rings. The van der Waals surface area contributed by atoms with Crippen LogP contribution in [0.3, 0.4) is 0 Å². The van der Waals surface area contributed by atoms with E-state index >= 15 is 0 Å². The van der Waals surface area contributed by atoms with Crippen LogP contribution in [0.15, 0.2) is 0 Å². The molecule has 1 aliphatic carbocycles. The van der Waals surface area contributed by atoms with Crippen LogP contribution in [0.5, 0.6) is 0 Å². The number of rotatable bonds is 14. The molecule has 1 atom stereocenters. The van der Waals surface area contributed by atoms with E-state index < -0.39 is 5.79 Å². The highest BCUT2D eigenvalue weighted by Gasteiger charge is 2.49. The Bertz CT molecular complexity index is 430. The fourth-order valence-electron chi connectivity index (χ4n) is 4.00. The molecule has 0 heterocycles. The van der Waals surface area contributed by atoms with Crippen LogP contribution in [-0.2, 0) is 19.6 Å². The summed E-state index contributed by atoms with van der Waals surface area (Å²) in [5.74, 6) is -0.238. The van der Waals surface area contributed by atoms with Gasteiger partial charge in [0.05, 0.1) is 11.2 Å². The third kappa shape index (κ3) is 9.67. The minimum absolute atomic E-state index is 0.101. The van der Waals surface area contributed by atoms with Crippen molar-refractivity contribution in [2.45, 2.75) is 150 Å². The second kappa shape index (κ2) is 11.5. The van der Waals surface area contributed by atoms with Gasteiger partial charge in [-0.25, -0.2) is 9.78 Å². The van der Waals surface area contributed by atoms with Gasteiger partial charge in [-0.3, -0.25) is 0 Å². The van der Waals surface area contributed by atoms with E-state index in [1.54, 1.807) is 0 Å². The molecule has 0 radical (unpaired) electrons. The molecule has 0 aromatic carbocycles. The number of hydrogen-bond acceptors (Lipinski definition) is 4. The molecule has 1 unspecified atom stereocenters. The first-order chi connectivity index (χ1) is 13.4. The maximum absolute atomic E-state index is 6.12. The van der Waals surface area contributed by atoms with Crippen molar-refractivity contribution in [2.24, 2.45) is 11.3 Å². The lowest BCUT2D eigenvalue weighted by Gasteiger charge is -2.47. The van der Waals surface area contributed by atoms with Gasteiger partial charge in [-0.15, -0.1) is 0 Å². The Hall–Kier alpha value is -0.160. The average molecular weight is 415 g/mol. The van der Waals surface area contributed by atoms with Gasteiger partial charge in [0.2, 0.25) is 5.79 Å². The van der Waals surface area contributed by atoms with Gasteiger partial charge in [-0.05, 0) is 58.3 Å². The smallest absolute Gasteiger partial charge is 0.228 e. The molecule has 0 aromatic heterocycles. The van der Waals surface area contributed by atoms with E-state index in [0.717, 1.165) is 44.9 Å². The Morgan fingerprint density at radius 3 is 1.62 bits per heavy atom. The molecule has 1 rings (SSSR count). The molecule has 1 saturated carbocycles. The quantitative estimate of drug-likeness (QED) is 0.124. The molecule has 0 aliphatic heterocycles. The van der Waals surface area contributed by atoms with E-state index in [0.29, 0.717) is 5.92 Å². The second-order valence-corrected chi connectivity index (χ2v) is 11.3. The highest BCUT2D eigenvalue weighted by Crippen LogP contribution is 2.48.